The van der Waals surface area contributed by atoms with Gasteiger partial charge in [0.2, 0.25) is 0 Å². The number of hydrogen-bond donors (Lipinski definition) is 0. The number of fused-ring (bicyclic) bond motifs is 10. The van der Waals surface area contributed by atoms with E-state index in [0.29, 0.717) is 0 Å². The molecule has 0 saturated heterocycles. The second-order valence-corrected chi connectivity index (χ2v) is 22.4. The van der Waals surface area contributed by atoms with Crippen LogP contribution in [0.4, 0.5) is 34.1 Å². The maximum Gasteiger partial charge on any atom is 0.252 e. The lowest BCUT2D eigenvalue weighted by Gasteiger charge is -2.44. The molecule has 0 atom stereocenters. The van der Waals surface area contributed by atoms with E-state index in [4.69, 9.17) is 8.83 Å². The minimum absolute atomic E-state index is 0.0610. The molecule has 0 amide bonds. The van der Waals surface area contributed by atoms with Gasteiger partial charge in [-0.3, -0.25) is 0 Å². The highest BCUT2D eigenvalue weighted by atomic mass is 16.3. The van der Waals surface area contributed by atoms with Crippen LogP contribution in [0, 0.1) is 0 Å². The summed E-state index contributed by atoms with van der Waals surface area (Å²) < 4.78 is 13.5. The van der Waals surface area contributed by atoms with Gasteiger partial charge in [0.05, 0.1) is 0 Å². The van der Waals surface area contributed by atoms with Crippen LogP contribution in [0.3, 0.4) is 0 Å². The third kappa shape index (κ3) is 6.17. The molecule has 0 bridgehead atoms. The van der Waals surface area contributed by atoms with Crippen molar-refractivity contribution in [1.82, 2.24) is 0 Å². The molecular weight excluding hydrogens is 767 g/mol. The number of rotatable bonds is 2. The highest BCUT2D eigenvalue weighted by Gasteiger charge is 2.45. The van der Waals surface area contributed by atoms with Gasteiger partial charge in [-0.1, -0.05) is 138 Å². The fourth-order valence-corrected chi connectivity index (χ4v) is 10.1. The predicted molar refractivity (Wildman–Crippen MR) is 270 cm³/mol. The fraction of sp³-hybridized carbons (Fsp3) is 0.276. The van der Waals surface area contributed by atoms with Crippen molar-refractivity contribution in [2.24, 2.45) is 0 Å². The number of para-hydroxylation sites is 2. The topological polar surface area (TPSA) is 32.8 Å². The second kappa shape index (κ2) is 13.2. The van der Waals surface area contributed by atoms with Gasteiger partial charge < -0.3 is 18.6 Å². The zero-order valence-corrected chi connectivity index (χ0v) is 38.9. The molecule has 11 rings (SSSR count). The first-order valence-electron chi connectivity index (χ1n) is 22.7. The van der Waals surface area contributed by atoms with Crippen LogP contribution in [-0.2, 0) is 21.7 Å². The van der Waals surface area contributed by atoms with Gasteiger partial charge in [-0.2, -0.15) is 0 Å². The Morgan fingerprint density at radius 1 is 0.349 bits per heavy atom. The average Bonchev–Trinajstić information content (AvgIpc) is 3.78. The lowest BCUT2D eigenvalue weighted by atomic mass is 9.33. The van der Waals surface area contributed by atoms with Crippen LogP contribution in [0.1, 0.15) is 105 Å². The number of anilines is 6. The van der Waals surface area contributed by atoms with Crippen molar-refractivity contribution >= 4 is 101 Å². The molecule has 9 aromatic rings. The molecule has 0 saturated carbocycles. The van der Waals surface area contributed by atoms with Gasteiger partial charge >= 0.3 is 0 Å². The van der Waals surface area contributed by atoms with Gasteiger partial charge in [-0.15, -0.1) is 0 Å². The molecule has 5 heteroatoms. The van der Waals surface area contributed by atoms with Crippen molar-refractivity contribution in [1.29, 1.82) is 0 Å². The summed E-state index contributed by atoms with van der Waals surface area (Å²) in [6.07, 6.45) is 0. The maximum atomic E-state index is 6.75. The Morgan fingerprint density at radius 3 is 1.08 bits per heavy atom. The van der Waals surface area contributed by atoms with Gasteiger partial charge in [-0.05, 0) is 133 Å². The summed E-state index contributed by atoms with van der Waals surface area (Å²) in [5.74, 6) is 0. The van der Waals surface area contributed by atoms with Gasteiger partial charge in [0.1, 0.15) is 22.3 Å². The molecule has 2 aliphatic rings. The van der Waals surface area contributed by atoms with E-state index in [1.807, 2.05) is 0 Å². The second-order valence-electron chi connectivity index (χ2n) is 22.4. The van der Waals surface area contributed by atoms with Crippen molar-refractivity contribution < 1.29 is 8.83 Å². The highest BCUT2D eigenvalue weighted by Crippen LogP contribution is 2.49. The number of benzene rings is 7. The molecule has 0 N–H and O–H groups in total. The monoisotopic (exact) mass is 824 g/mol. The molecule has 2 aliphatic heterocycles. The summed E-state index contributed by atoms with van der Waals surface area (Å²) in [6, 6.07) is 48.0. The largest absolute Gasteiger partial charge is 0.456 e. The standard InChI is InChI=1S/C58H57BN2O2/c1-55(2,3)34-24-35(56(4,5)6)27-38(26-34)60-46-20-17-21-47-54(46)59(44-32-52-42(30-48(44)60)40-18-13-15-22-50(40)62-52)45-33-53-43(41-19-14-16-23-51(41)63-53)31-49(45)61(47)39-28-36(57(7,8)9)25-37(29-39)58(10,11)12/h13-33H,1-12H3. The van der Waals surface area contributed by atoms with Gasteiger partial charge in [-0.25, -0.2) is 0 Å². The van der Waals surface area contributed by atoms with E-state index in [0.717, 1.165) is 43.9 Å². The Balaban J connectivity index is 1.29. The average molecular weight is 825 g/mol. The quantitative estimate of drug-likeness (QED) is 0.163. The number of furan rings is 2. The summed E-state index contributed by atoms with van der Waals surface area (Å²) in [4.78, 5) is 5.12. The van der Waals surface area contributed by atoms with E-state index in [2.05, 4.69) is 220 Å². The van der Waals surface area contributed by atoms with E-state index < -0.39 is 0 Å². The van der Waals surface area contributed by atoms with Crippen LogP contribution in [0.15, 0.2) is 136 Å². The zero-order chi connectivity index (χ0) is 44.1. The molecule has 4 nitrogen and oxygen atoms in total. The molecule has 7 aromatic carbocycles. The summed E-state index contributed by atoms with van der Waals surface area (Å²) in [7, 11) is 0. The first-order valence-corrected chi connectivity index (χ1v) is 22.7. The van der Waals surface area contributed by atoms with Gasteiger partial charge in [0.15, 0.2) is 0 Å². The third-order valence-electron chi connectivity index (χ3n) is 13.8. The van der Waals surface area contributed by atoms with Gasteiger partial charge in [0, 0.05) is 55.7 Å². The van der Waals surface area contributed by atoms with Crippen LogP contribution < -0.4 is 26.2 Å². The predicted octanol–water partition coefficient (Wildman–Crippen LogP) is 14.8. The number of nitrogens with zero attached hydrogens (tertiary/aromatic N) is 2. The normalized spacial score (nSPS) is 14.3. The molecule has 0 radical (unpaired) electrons. The molecule has 0 fully saturated rings. The third-order valence-corrected chi connectivity index (χ3v) is 13.8. The Labute approximate surface area is 372 Å². The van der Waals surface area contributed by atoms with Crippen molar-refractivity contribution in [3.05, 3.63) is 150 Å². The van der Waals surface area contributed by atoms with E-state index in [1.165, 1.54) is 72.8 Å². The summed E-state index contributed by atoms with van der Waals surface area (Å²) in [5, 5.41) is 4.49. The molecule has 4 heterocycles. The van der Waals surface area contributed by atoms with Crippen molar-refractivity contribution in [3.63, 3.8) is 0 Å². The molecule has 314 valence electrons. The lowest BCUT2D eigenvalue weighted by Crippen LogP contribution is -2.61. The first kappa shape index (κ1) is 39.6. The molecule has 63 heavy (non-hydrogen) atoms. The zero-order valence-electron chi connectivity index (χ0n) is 38.9. The van der Waals surface area contributed by atoms with E-state index in [-0.39, 0.29) is 28.4 Å². The molecule has 2 aromatic heterocycles. The van der Waals surface area contributed by atoms with Crippen LogP contribution in [0.5, 0.6) is 0 Å². The van der Waals surface area contributed by atoms with E-state index >= 15 is 0 Å². The molecule has 0 unspecified atom stereocenters. The van der Waals surface area contributed by atoms with E-state index in [1.54, 1.807) is 0 Å². The number of hydrogen-bond acceptors (Lipinski definition) is 4. The van der Waals surface area contributed by atoms with Crippen molar-refractivity contribution in [2.75, 3.05) is 9.80 Å². The highest BCUT2D eigenvalue weighted by molar-refractivity contribution is 7.00. The Morgan fingerprint density at radius 2 is 0.714 bits per heavy atom. The summed E-state index contributed by atoms with van der Waals surface area (Å²) >= 11 is 0. The molecule has 0 spiro atoms. The summed E-state index contributed by atoms with van der Waals surface area (Å²) in [5.41, 5.74) is 19.4. The Bertz CT molecular complexity index is 3070. The fourth-order valence-electron chi connectivity index (χ4n) is 10.1. The molecule has 0 aliphatic carbocycles. The van der Waals surface area contributed by atoms with Crippen molar-refractivity contribution in [2.45, 2.75) is 105 Å². The first-order chi connectivity index (χ1) is 29.7. The molecular formula is C58H57BN2O2. The van der Waals surface area contributed by atoms with Gasteiger partial charge in [0.25, 0.3) is 6.71 Å². The maximum absolute atomic E-state index is 6.75. The SMILES string of the molecule is CC(C)(C)c1cc(N2c3cc4c(cc3B3c5cc6oc7ccccc7c6cc5N(c5cc(C(C)(C)C)cc(C(C)(C)C)c5)c5cccc2c53)oc2ccccc24)cc(C(C)(C)C)c1. The van der Waals surface area contributed by atoms with Crippen molar-refractivity contribution in [3.8, 4) is 0 Å². The van der Waals surface area contributed by atoms with Crippen LogP contribution in [-0.4, -0.2) is 6.71 Å². The minimum Gasteiger partial charge on any atom is -0.456 e. The van der Waals surface area contributed by atoms with Crippen LogP contribution in [0.25, 0.3) is 43.9 Å². The smallest absolute Gasteiger partial charge is 0.252 e. The van der Waals surface area contributed by atoms with Crippen LogP contribution >= 0.6 is 0 Å². The van der Waals surface area contributed by atoms with E-state index in [9.17, 15) is 0 Å². The minimum atomic E-state index is -0.107. The van der Waals surface area contributed by atoms with Crippen LogP contribution in [0.2, 0.25) is 0 Å². The summed E-state index contributed by atoms with van der Waals surface area (Å²) in [6.45, 7) is 27.8. The Kier molecular flexibility index (Phi) is 8.29. The lowest BCUT2D eigenvalue weighted by molar-refractivity contribution is 0.568. The Hall–Kier alpha value is -6.20.